The van der Waals surface area contributed by atoms with E-state index in [1.54, 1.807) is 0 Å². The molecular weight excluding hydrogens is 172 g/mol. The second-order valence-corrected chi connectivity index (χ2v) is 3.32. The normalized spacial score (nSPS) is 10.1. The van der Waals surface area contributed by atoms with Crippen molar-refractivity contribution in [3.05, 3.63) is 30.2 Å². The van der Waals surface area contributed by atoms with Crippen molar-refractivity contribution < 1.29 is 0 Å². The first kappa shape index (κ1) is 10.8. The van der Waals surface area contributed by atoms with E-state index in [1.165, 1.54) is 10.9 Å². The Morgan fingerprint density at radius 1 is 1.21 bits per heavy atom. The van der Waals surface area contributed by atoms with Crippen LogP contribution in [0.5, 0.6) is 0 Å². The van der Waals surface area contributed by atoms with Crippen molar-refractivity contribution in [2.45, 2.75) is 33.6 Å². The Balaban J connectivity index is 0.000000461. The van der Waals surface area contributed by atoms with Crippen LogP contribution >= 0.6 is 0 Å². The van der Waals surface area contributed by atoms with Crippen molar-refractivity contribution in [2.24, 2.45) is 0 Å². The van der Waals surface area contributed by atoms with Gasteiger partial charge in [-0.2, -0.15) is 0 Å². The number of rotatable bonds is 1. The van der Waals surface area contributed by atoms with E-state index in [4.69, 9.17) is 0 Å². The van der Waals surface area contributed by atoms with E-state index >= 15 is 0 Å². The van der Waals surface area contributed by atoms with E-state index in [-0.39, 0.29) is 0 Å². The molecule has 0 aromatic carbocycles. The van der Waals surface area contributed by atoms with Crippen LogP contribution < -0.4 is 0 Å². The summed E-state index contributed by atoms with van der Waals surface area (Å²) in [5.74, 6) is 0.539. The fourth-order valence-electron chi connectivity index (χ4n) is 1.46. The summed E-state index contributed by atoms with van der Waals surface area (Å²) in [6.45, 7) is 8.37. The molecule has 76 valence electrons. The van der Waals surface area contributed by atoms with E-state index < -0.39 is 0 Å². The van der Waals surface area contributed by atoms with Crippen LogP contribution in [0.1, 0.15) is 39.2 Å². The van der Waals surface area contributed by atoms with Crippen LogP contribution in [0.4, 0.5) is 0 Å². The number of aromatic nitrogens is 2. The maximum Gasteiger partial charge on any atom is 0.0643 e. The minimum absolute atomic E-state index is 0.539. The number of nitrogens with one attached hydrogen (secondary N) is 1. The first-order chi connectivity index (χ1) is 6.79. The third kappa shape index (κ3) is 1.95. The lowest BCUT2D eigenvalue weighted by atomic mass is 10.0. The number of fused-ring (bicyclic) bond motifs is 1. The molecule has 14 heavy (non-hydrogen) atoms. The predicted molar refractivity (Wildman–Crippen MR) is 61.5 cm³/mol. The van der Waals surface area contributed by atoms with Crippen LogP contribution in [0, 0.1) is 0 Å². The van der Waals surface area contributed by atoms with Gasteiger partial charge < -0.3 is 4.98 Å². The summed E-state index contributed by atoms with van der Waals surface area (Å²) in [4.78, 5) is 7.33. The van der Waals surface area contributed by atoms with Crippen LogP contribution in [-0.4, -0.2) is 9.97 Å². The quantitative estimate of drug-likeness (QED) is 0.729. The summed E-state index contributed by atoms with van der Waals surface area (Å²) in [7, 11) is 0. The zero-order valence-corrected chi connectivity index (χ0v) is 9.33. The maximum absolute atomic E-state index is 4.18. The SMILES string of the molecule is CC.CC(C)c1cncc2[nH]ccc12. The van der Waals surface area contributed by atoms with Gasteiger partial charge in [0, 0.05) is 17.8 Å². The lowest BCUT2D eigenvalue weighted by Crippen LogP contribution is -1.88. The Labute approximate surface area is 85.4 Å². The molecule has 0 saturated heterocycles. The third-order valence-electron chi connectivity index (χ3n) is 2.13. The molecule has 0 unspecified atom stereocenters. The predicted octanol–water partition coefficient (Wildman–Crippen LogP) is 3.71. The van der Waals surface area contributed by atoms with Gasteiger partial charge in [0.25, 0.3) is 0 Å². The van der Waals surface area contributed by atoms with E-state index in [0.29, 0.717) is 5.92 Å². The molecule has 0 atom stereocenters. The van der Waals surface area contributed by atoms with Crippen LogP contribution in [0.2, 0.25) is 0 Å². The molecular formula is C12H18N2. The highest BCUT2D eigenvalue weighted by Gasteiger charge is 2.04. The molecule has 2 aromatic heterocycles. The Kier molecular flexibility index (Phi) is 3.69. The second kappa shape index (κ2) is 4.80. The van der Waals surface area contributed by atoms with Crippen molar-refractivity contribution in [1.29, 1.82) is 0 Å². The van der Waals surface area contributed by atoms with Gasteiger partial charge in [0.15, 0.2) is 0 Å². The van der Waals surface area contributed by atoms with Gasteiger partial charge in [0.1, 0.15) is 0 Å². The smallest absolute Gasteiger partial charge is 0.0643 e. The highest BCUT2D eigenvalue weighted by atomic mass is 14.7. The Morgan fingerprint density at radius 2 is 1.93 bits per heavy atom. The molecule has 1 N–H and O–H groups in total. The van der Waals surface area contributed by atoms with Gasteiger partial charge in [-0.25, -0.2) is 0 Å². The monoisotopic (exact) mass is 190 g/mol. The molecule has 0 fully saturated rings. The van der Waals surface area contributed by atoms with Gasteiger partial charge >= 0.3 is 0 Å². The van der Waals surface area contributed by atoms with Crippen molar-refractivity contribution in [3.63, 3.8) is 0 Å². The van der Waals surface area contributed by atoms with Crippen molar-refractivity contribution in [1.82, 2.24) is 9.97 Å². The zero-order chi connectivity index (χ0) is 10.6. The lowest BCUT2D eigenvalue weighted by Gasteiger charge is -2.04. The third-order valence-corrected chi connectivity index (χ3v) is 2.13. The highest BCUT2D eigenvalue weighted by molar-refractivity contribution is 5.82. The van der Waals surface area contributed by atoms with Gasteiger partial charge in [-0.1, -0.05) is 27.7 Å². The molecule has 0 aliphatic heterocycles. The summed E-state index contributed by atoms with van der Waals surface area (Å²) < 4.78 is 0. The van der Waals surface area contributed by atoms with Gasteiger partial charge in [-0.3, -0.25) is 4.98 Å². The van der Waals surface area contributed by atoms with Crippen LogP contribution in [0.3, 0.4) is 0 Å². The average molecular weight is 190 g/mol. The standard InChI is InChI=1S/C10H12N2.C2H6/c1-7(2)9-5-11-6-10-8(9)3-4-12-10;1-2/h3-7,12H,1-2H3;1-2H3. The minimum atomic E-state index is 0.539. The summed E-state index contributed by atoms with van der Waals surface area (Å²) in [5.41, 5.74) is 2.44. The van der Waals surface area contributed by atoms with E-state index in [9.17, 15) is 0 Å². The molecule has 2 heteroatoms. The van der Waals surface area contributed by atoms with E-state index in [0.717, 1.165) is 5.52 Å². The molecule has 2 rings (SSSR count). The Hall–Kier alpha value is -1.31. The summed E-state index contributed by atoms with van der Waals surface area (Å²) >= 11 is 0. The number of H-pyrrole nitrogens is 1. The first-order valence-corrected chi connectivity index (χ1v) is 5.20. The van der Waals surface area contributed by atoms with Gasteiger partial charge in [0.05, 0.1) is 11.7 Å². The maximum atomic E-state index is 4.18. The highest BCUT2D eigenvalue weighted by Crippen LogP contribution is 2.22. The summed E-state index contributed by atoms with van der Waals surface area (Å²) in [6, 6.07) is 2.10. The average Bonchev–Trinajstić information content (AvgIpc) is 2.67. The lowest BCUT2D eigenvalue weighted by molar-refractivity contribution is 0.869. The van der Waals surface area contributed by atoms with E-state index in [2.05, 4.69) is 29.9 Å². The molecule has 0 amide bonds. The topological polar surface area (TPSA) is 28.7 Å². The molecule has 0 bridgehead atoms. The molecule has 0 aliphatic carbocycles. The van der Waals surface area contributed by atoms with Crippen molar-refractivity contribution in [3.8, 4) is 0 Å². The number of pyridine rings is 1. The fourth-order valence-corrected chi connectivity index (χ4v) is 1.46. The van der Waals surface area contributed by atoms with Crippen molar-refractivity contribution >= 4 is 10.9 Å². The largest absolute Gasteiger partial charge is 0.360 e. The van der Waals surface area contributed by atoms with Crippen molar-refractivity contribution in [2.75, 3.05) is 0 Å². The summed E-state index contributed by atoms with van der Waals surface area (Å²) in [6.07, 6.45) is 5.76. The van der Waals surface area contributed by atoms with Gasteiger partial charge in [0.2, 0.25) is 0 Å². The molecule has 0 aliphatic rings. The molecule has 2 nitrogen and oxygen atoms in total. The minimum Gasteiger partial charge on any atom is -0.360 e. The molecule has 0 spiro atoms. The van der Waals surface area contributed by atoms with Crippen LogP contribution in [0.15, 0.2) is 24.7 Å². The molecule has 0 saturated carbocycles. The van der Waals surface area contributed by atoms with E-state index in [1.807, 2.05) is 32.4 Å². The fraction of sp³-hybridized carbons (Fsp3) is 0.417. The van der Waals surface area contributed by atoms with Crippen LogP contribution in [0.25, 0.3) is 10.9 Å². The number of hydrogen-bond donors (Lipinski definition) is 1. The first-order valence-electron chi connectivity index (χ1n) is 5.20. The van der Waals surface area contributed by atoms with Crippen LogP contribution in [-0.2, 0) is 0 Å². The Morgan fingerprint density at radius 3 is 2.57 bits per heavy atom. The Bertz CT molecular complexity index is 388. The molecule has 2 aromatic rings. The summed E-state index contributed by atoms with van der Waals surface area (Å²) in [5, 5.41) is 1.29. The molecule has 0 radical (unpaired) electrons. The number of nitrogens with zero attached hydrogens (tertiary/aromatic N) is 1. The second-order valence-electron chi connectivity index (χ2n) is 3.32. The number of hydrogen-bond acceptors (Lipinski definition) is 1. The molecule has 2 heterocycles. The zero-order valence-electron chi connectivity index (χ0n) is 9.33. The van der Waals surface area contributed by atoms with Gasteiger partial charge in [-0.15, -0.1) is 0 Å². The number of aromatic amines is 1. The van der Waals surface area contributed by atoms with Gasteiger partial charge in [-0.05, 0) is 17.5 Å².